The van der Waals surface area contributed by atoms with Crippen molar-refractivity contribution in [2.45, 2.75) is 25.7 Å². The molecule has 2 aliphatic rings. The molecule has 5 rings (SSSR count). The number of hydrogen-bond donors (Lipinski definition) is 0. The van der Waals surface area contributed by atoms with Gasteiger partial charge in [-0.3, -0.25) is 4.57 Å². The second-order valence-corrected chi connectivity index (χ2v) is 7.79. The van der Waals surface area contributed by atoms with Gasteiger partial charge < -0.3 is 4.90 Å². The van der Waals surface area contributed by atoms with Crippen LogP contribution in [-0.2, 0) is 6.42 Å². The number of allylic oxidation sites excluding steroid dienone is 4. The molecule has 0 amide bonds. The quantitative estimate of drug-likeness (QED) is 0.440. The minimum atomic E-state index is 0.324. The summed E-state index contributed by atoms with van der Waals surface area (Å²) in [6.45, 7) is 2.23. The zero-order valence-electron chi connectivity index (χ0n) is 16.4. The zero-order chi connectivity index (χ0) is 19.8. The Morgan fingerprint density at radius 2 is 1.90 bits per heavy atom. The maximum absolute atomic E-state index is 6.53. The molecule has 0 radical (unpaired) electrons. The van der Waals surface area contributed by atoms with Crippen LogP contribution >= 0.6 is 11.6 Å². The molecule has 3 heteroatoms. The summed E-state index contributed by atoms with van der Waals surface area (Å²) in [7, 11) is 0. The van der Waals surface area contributed by atoms with Crippen LogP contribution in [0.5, 0.6) is 0 Å². The van der Waals surface area contributed by atoms with E-state index in [1.54, 1.807) is 5.54 Å². The van der Waals surface area contributed by atoms with Gasteiger partial charge in [-0.2, -0.15) is 0 Å². The molecule has 0 saturated carbocycles. The van der Waals surface area contributed by atoms with E-state index in [4.69, 9.17) is 11.6 Å². The average Bonchev–Trinajstić information content (AvgIpc) is 3.09. The van der Waals surface area contributed by atoms with Crippen molar-refractivity contribution in [2.24, 2.45) is 0 Å². The highest BCUT2D eigenvalue weighted by atomic mass is 35.5. The van der Waals surface area contributed by atoms with Crippen LogP contribution in [0.2, 0.25) is 0 Å². The topological polar surface area (TPSA) is 8.17 Å². The molecule has 29 heavy (non-hydrogen) atoms. The summed E-state index contributed by atoms with van der Waals surface area (Å²) in [4.78, 5) is 2.21. The van der Waals surface area contributed by atoms with Crippen LogP contribution in [-0.4, -0.2) is 4.57 Å². The normalized spacial score (nSPS) is 20.7. The molecule has 2 heterocycles. The number of fused-ring (bicyclic) bond motifs is 4. The van der Waals surface area contributed by atoms with E-state index in [-0.39, 0.29) is 0 Å². The predicted octanol–water partition coefficient (Wildman–Crippen LogP) is 7.29. The molecule has 144 valence electrons. The van der Waals surface area contributed by atoms with Gasteiger partial charge in [0.15, 0.2) is 0 Å². The van der Waals surface area contributed by atoms with Crippen molar-refractivity contribution in [3.05, 3.63) is 101 Å². The lowest BCUT2D eigenvalue weighted by atomic mass is 9.97. The number of hydrogen-bond acceptors (Lipinski definition) is 1. The molecular formula is C26H23ClN2. The van der Waals surface area contributed by atoms with Gasteiger partial charge in [0.25, 0.3) is 0 Å². The number of anilines is 1. The summed E-state index contributed by atoms with van der Waals surface area (Å²) in [5.74, 6) is 1.26. The number of halogens is 1. The van der Waals surface area contributed by atoms with Gasteiger partial charge in [0.2, 0.25) is 0 Å². The summed E-state index contributed by atoms with van der Waals surface area (Å²) in [5.41, 5.74) is 7.94. The van der Waals surface area contributed by atoms with Gasteiger partial charge in [-0.15, -0.1) is 0 Å². The maximum Gasteiger partial charge on any atom is 0.133 e. The van der Waals surface area contributed by atoms with Crippen molar-refractivity contribution in [1.82, 2.24) is 4.57 Å². The van der Waals surface area contributed by atoms with Crippen LogP contribution in [0.25, 0.3) is 22.8 Å². The van der Waals surface area contributed by atoms with E-state index in [9.17, 15) is 0 Å². The minimum absolute atomic E-state index is 0.324. The molecule has 0 saturated heterocycles. The van der Waals surface area contributed by atoms with Crippen LogP contribution in [0.15, 0.2) is 84.6 Å². The Kier molecular flexibility index (Phi) is 4.65. The minimum Gasteiger partial charge on any atom is -0.302 e. The first-order valence-corrected chi connectivity index (χ1v) is 10.6. The standard InChI is InChI=1S/C26H23ClN2/c1-19-10-8-9-17-28(23-14-5-2-11-20(19)23)26(18-27)29-24-15-6-3-12-21(24)22-13-4-7-16-25(22)29/h2-3,5-12,14-19H,4,13H2,1H3/b10-8-,17-9-,26-18+. The summed E-state index contributed by atoms with van der Waals surface area (Å²) in [6.07, 6.45) is 15.2. The first-order chi connectivity index (χ1) is 14.3. The second-order valence-electron chi connectivity index (χ2n) is 7.57. The molecule has 0 N–H and O–H groups in total. The Morgan fingerprint density at radius 3 is 2.79 bits per heavy atom. The van der Waals surface area contributed by atoms with Gasteiger partial charge >= 0.3 is 0 Å². The Bertz CT molecular complexity index is 1190. The van der Waals surface area contributed by atoms with Crippen LogP contribution in [0.4, 0.5) is 5.69 Å². The highest BCUT2D eigenvalue weighted by molar-refractivity contribution is 6.28. The number of aromatic nitrogens is 1. The third kappa shape index (κ3) is 2.95. The average molecular weight is 399 g/mol. The van der Waals surface area contributed by atoms with Gasteiger partial charge in [0.1, 0.15) is 5.82 Å². The molecule has 0 spiro atoms. The fourth-order valence-corrected chi connectivity index (χ4v) is 4.69. The highest BCUT2D eigenvalue weighted by Crippen LogP contribution is 2.38. The predicted molar refractivity (Wildman–Crippen MR) is 125 cm³/mol. The van der Waals surface area contributed by atoms with E-state index in [0.29, 0.717) is 5.92 Å². The number of benzene rings is 2. The summed E-state index contributed by atoms with van der Waals surface area (Å²) in [6, 6.07) is 17.2. The van der Waals surface area contributed by atoms with E-state index in [2.05, 4.69) is 102 Å². The van der Waals surface area contributed by atoms with E-state index in [1.807, 2.05) is 0 Å². The van der Waals surface area contributed by atoms with Crippen LogP contribution in [0.1, 0.15) is 36.1 Å². The number of nitrogens with zero attached hydrogens (tertiary/aromatic N) is 2. The summed E-state index contributed by atoms with van der Waals surface area (Å²) < 4.78 is 2.30. The van der Waals surface area contributed by atoms with Crippen molar-refractivity contribution in [2.75, 3.05) is 4.90 Å². The zero-order valence-corrected chi connectivity index (χ0v) is 17.2. The number of para-hydroxylation sites is 2. The van der Waals surface area contributed by atoms with E-state index in [1.165, 1.54) is 27.7 Å². The first kappa shape index (κ1) is 18.1. The molecular weight excluding hydrogens is 376 g/mol. The van der Waals surface area contributed by atoms with Gasteiger partial charge in [-0.1, -0.05) is 73.2 Å². The van der Waals surface area contributed by atoms with Crippen molar-refractivity contribution in [3.8, 4) is 0 Å². The maximum atomic E-state index is 6.53. The molecule has 1 aliphatic carbocycles. The number of rotatable bonds is 2. The monoisotopic (exact) mass is 398 g/mol. The molecule has 0 fully saturated rings. The van der Waals surface area contributed by atoms with Crippen LogP contribution in [0, 0.1) is 0 Å². The Labute approximate surface area is 176 Å². The smallest absolute Gasteiger partial charge is 0.133 e. The van der Waals surface area contributed by atoms with Crippen LogP contribution in [0.3, 0.4) is 0 Å². The lowest BCUT2D eigenvalue weighted by molar-refractivity contribution is 0.940. The van der Waals surface area contributed by atoms with Crippen molar-refractivity contribution >= 4 is 40.1 Å². The van der Waals surface area contributed by atoms with Gasteiger partial charge in [0.05, 0.1) is 16.9 Å². The Hall–Kier alpha value is -2.97. The van der Waals surface area contributed by atoms with E-state index < -0.39 is 0 Å². The first-order valence-electron chi connectivity index (χ1n) is 10.1. The fraction of sp³-hybridized carbons (Fsp3) is 0.154. The molecule has 1 aromatic heterocycles. The van der Waals surface area contributed by atoms with E-state index >= 15 is 0 Å². The van der Waals surface area contributed by atoms with Crippen molar-refractivity contribution in [1.29, 1.82) is 0 Å². The molecule has 1 atom stereocenters. The lowest BCUT2D eigenvalue weighted by Gasteiger charge is -2.29. The third-order valence-corrected chi connectivity index (χ3v) is 6.06. The van der Waals surface area contributed by atoms with Gasteiger partial charge in [-0.05, 0) is 48.3 Å². The van der Waals surface area contributed by atoms with Crippen LogP contribution < -0.4 is 4.90 Å². The fourth-order valence-electron chi connectivity index (χ4n) is 4.49. The molecule has 3 aromatic rings. The third-order valence-electron chi connectivity index (χ3n) is 5.86. The van der Waals surface area contributed by atoms with E-state index in [0.717, 1.165) is 24.4 Å². The summed E-state index contributed by atoms with van der Waals surface area (Å²) in [5, 5.41) is 1.31. The second kappa shape index (κ2) is 7.46. The molecule has 2 aromatic carbocycles. The van der Waals surface area contributed by atoms with Gasteiger partial charge in [-0.25, -0.2) is 0 Å². The molecule has 1 aliphatic heterocycles. The van der Waals surface area contributed by atoms with Crippen molar-refractivity contribution < 1.29 is 0 Å². The summed E-state index contributed by atoms with van der Waals surface area (Å²) >= 11 is 6.53. The molecule has 1 unspecified atom stereocenters. The Balaban J connectivity index is 1.77. The Morgan fingerprint density at radius 1 is 1.07 bits per heavy atom. The lowest BCUT2D eigenvalue weighted by Crippen LogP contribution is -2.22. The highest BCUT2D eigenvalue weighted by Gasteiger charge is 2.24. The number of aryl methyl sites for hydroxylation is 1. The molecule has 0 bridgehead atoms. The largest absolute Gasteiger partial charge is 0.302 e. The van der Waals surface area contributed by atoms with Gasteiger partial charge in [0, 0.05) is 23.0 Å². The molecule has 2 nitrogen and oxygen atoms in total. The SMILES string of the molecule is CC1/C=C\C=C/N(/C(=C\Cl)n2c3c(c4ccccc42)CCC=C3)c2ccccc21. The van der Waals surface area contributed by atoms with Crippen molar-refractivity contribution in [3.63, 3.8) is 0 Å².